The number of carbonyl (C=O) groups is 2. The number of hydrogen-bond donors (Lipinski definition) is 2. The van der Waals surface area contributed by atoms with Crippen molar-refractivity contribution in [3.8, 4) is 28.4 Å². The van der Waals surface area contributed by atoms with Gasteiger partial charge in [0.15, 0.2) is 0 Å². The molecule has 0 spiro atoms. The van der Waals surface area contributed by atoms with Crippen molar-refractivity contribution in [1.82, 2.24) is 20.2 Å². The number of rotatable bonds is 7. The Morgan fingerprint density at radius 2 is 1.90 bits per heavy atom. The van der Waals surface area contributed by atoms with Gasteiger partial charge in [-0.1, -0.05) is 41.4 Å². The number of pyridine rings is 2. The largest absolute Gasteiger partial charge is 0.481 e. The Bertz CT molecular complexity index is 1390. The van der Waals surface area contributed by atoms with Crippen LogP contribution < -0.4 is 15.8 Å². The third-order valence-corrected chi connectivity index (χ3v) is 6.92. The van der Waals surface area contributed by atoms with Crippen LogP contribution in [0.3, 0.4) is 0 Å². The quantitative estimate of drug-likeness (QED) is 0.371. The second-order valence-corrected chi connectivity index (χ2v) is 11.0. The van der Waals surface area contributed by atoms with Crippen molar-refractivity contribution >= 4 is 40.9 Å². The molecule has 2 amide bonds. The number of halogens is 2. The first kappa shape index (κ1) is 28.4. The van der Waals surface area contributed by atoms with Crippen LogP contribution in [0.2, 0.25) is 10.0 Å². The highest BCUT2D eigenvalue weighted by molar-refractivity contribution is 6.38. The van der Waals surface area contributed by atoms with Gasteiger partial charge in [-0.05, 0) is 45.4 Å². The summed E-state index contributed by atoms with van der Waals surface area (Å²) < 4.78 is 11.2. The van der Waals surface area contributed by atoms with E-state index in [1.54, 1.807) is 17.2 Å². The monoisotopic (exact) mass is 571 g/mol. The Labute approximate surface area is 237 Å². The fraction of sp³-hybridized carbons (Fsp3) is 0.357. The van der Waals surface area contributed by atoms with E-state index in [-0.39, 0.29) is 18.5 Å². The van der Waals surface area contributed by atoms with E-state index in [4.69, 9.17) is 43.4 Å². The number of methoxy groups -OCH3 is 1. The molecule has 1 atom stereocenters. The van der Waals surface area contributed by atoms with Crippen LogP contribution >= 0.6 is 23.2 Å². The van der Waals surface area contributed by atoms with Crippen LogP contribution in [0.4, 0.5) is 10.5 Å². The van der Waals surface area contributed by atoms with Crippen LogP contribution in [0, 0.1) is 0 Å². The predicted octanol–water partition coefficient (Wildman–Crippen LogP) is 5.72. The van der Waals surface area contributed by atoms with Gasteiger partial charge in [0.1, 0.15) is 5.60 Å². The van der Waals surface area contributed by atoms with Crippen LogP contribution in [-0.4, -0.2) is 52.2 Å². The number of anilines is 1. The molecule has 0 saturated carbocycles. The van der Waals surface area contributed by atoms with Crippen molar-refractivity contribution in [2.24, 2.45) is 0 Å². The van der Waals surface area contributed by atoms with Crippen LogP contribution in [0.15, 0.2) is 42.6 Å². The van der Waals surface area contributed by atoms with Gasteiger partial charge in [0.25, 0.3) is 0 Å². The Kier molecular flexibility index (Phi) is 8.51. The van der Waals surface area contributed by atoms with Crippen molar-refractivity contribution in [3.05, 3.63) is 58.2 Å². The van der Waals surface area contributed by atoms with Gasteiger partial charge < -0.3 is 25.4 Å². The average molecular weight is 572 g/mol. The molecule has 1 aromatic carbocycles. The summed E-state index contributed by atoms with van der Waals surface area (Å²) in [4.78, 5) is 35.4. The summed E-state index contributed by atoms with van der Waals surface area (Å²) in [5.41, 5.74) is 8.66. The van der Waals surface area contributed by atoms with E-state index in [1.807, 2.05) is 51.1 Å². The molecule has 206 valence electrons. The smallest absolute Gasteiger partial charge is 0.410 e. The van der Waals surface area contributed by atoms with E-state index in [2.05, 4.69) is 10.3 Å². The number of nitrogens with zero attached hydrogens (tertiary/aromatic N) is 3. The van der Waals surface area contributed by atoms with Gasteiger partial charge >= 0.3 is 6.09 Å². The number of nitrogens with one attached hydrogen (secondary N) is 1. The van der Waals surface area contributed by atoms with Gasteiger partial charge in [-0.15, -0.1) is 0 Å². The van der Waals surface area contributed by atoms with Gasteiger partial charge in [-0.3, -0.25) is 9.78 Å². The SMILES string of the molecule is COc1nc(-c2cccc(-c3nccc(N)c3Cl)c2Cl)ccc1CN(C[C@@H]1CCC(=O)N1)C(=O)OC(C)(C)C. The summed E-state index contributed by atoms with van der Waals surface area (Å²) in [6.07, 6.45) is 2.16. The minimum atomic E-state index is -0.677. The fourth-order valence-corrected chi connectivity index (χ4v) is 4.82. The molecule has 11 heteroatoms. The molecular formula is C28H31Cl2N5O4. The molecule has 2 aromatic heterocycles. The Morgan fingerprint density at radius 1 is 1.15 bits per heavy atom. The van der Waals surface area contributed by atoms with E-state index in [0.717, 1.165) is 0 Å². The number of ether oxygens (including phenoxy) is 2. The second-order valence-electron chi connectivity index (χ2n) is 10.3. The summed E-state index contributed by atoms with van der Waals surface area (Å²) in [7, 11) is 1.51. The van der Waals surface area contributed by atoms with Crippen LogP contribution in [-0.2, 0) is 16.1 Å². The Hall–Kier alpha value is -3.56. The maximum atomic E-state index is 13.1. The molecule has 1 fully saturated rings. The molecule has 9 nitrogen and oxygen atoms in total. The number of nitrogen functional groups attached to an aromatic ring is 1. The van der Waals surface area contributed by atoms with Crippen LogP contribution in [0.25, 0.3) is 22.5 Å². The highest BCUT2D eigenvalue weighted by Crippen LogP contribution is 2.39. The third-order valence-electron chi connectivity index (χ3n) is 6.12. The summed E-state index contributed by atoms with van der Waals surface area (Å²) in [5.74, 6) is 0.305. The van der Waals surface area contributed by atoms with Crippen LogP contribution in [0.5, 0.6) is 5.88 Å². The molecule has 0 radical (unpaired) electrons. The summed E-state index contributed by atoms with van der Waals surface area (Å²) in [5, 5.41) is 3.63. The number of amides is 2. The lowest BCUT2D eigenvalue weighted by molar-refractivity contribution is -0.119. The molecule has 1 aliphatic heterocycles. The molecule has 1 aliphatic rings. The number of carbonyl (C=O) groups excluding carboxylic acids is 2. The van der Waals surface area contributed by atoms with Crippen molar-refractivity contribution in [2.75, 3.05) is 19.4 Å². The second kappa shape index (κ2) is 11.7. The molecule has 0 bridgehead atoms. The minimum absolute atomic E-state index is 0.0264. The summed E-state index contributed by atoms with van der Waals surface area (Å²) >= 11 is 13.2. The third kappa shape index (κ3) is 6.72. The molecule has 1 saturated heterocycles. The van der Waals surface area contributed by atoms with Crippen LogP contribution in [0.1, 0.15) is 39.2 Å². The van der Waals surface area contributed by atoms with E-state index in [1.165, 1.54) is 7.11 Å². The molecule has 4 rings (SSSR count). The fourth-order valence-electron chi connectivity index (χ4n) is 4.29. The van der Waals surface area contributed by atoms with Crippen molar-refractivity contribution in [2.45, 2.75) is 51.8 Å². The number of aromatic nitrogens is 2. The number of benzene rings is 1. The summed E-state index contributed by atoms with van der Waals surface area (Å²) in [6, 6.07) is 10.6. The zero-order chi connectivity index (χ0) is 28.3. The lowest BCUT2D eigenvalue weighted by Gasteiger charge is -2.29. The van der Waals surface area contributed by atoms with Gasteiger partial charge in [0, 0.05) is 41.9 Å². The van der Waals surface area contributed by atoms with Crippen molar-refractivity contribution in [1.29, 1.82) is 0 Å². The molecule has 39 heavy (non-hydrogen) atoms. The van der Waals surface area contributed by atoms with Gasteiger partial charge in [0.05, 0.1) is 40.8 Å². The standard InChI is InChI=1S/C28H31Cl2N5O4/c1-28(2,3)39-27(37)35(15-17-9-11-22(36)33-17)14-16-8-10-21(34-26(16)38-4)18-6-5-7-19(23(18)29)25-24(30)20(31)12-13-32-25/h5-8,10,12-13,17H,9,11,14-15H2,1-4H3,(H2,31,32)(H,33,36)/t17-/m0/s1. The molecule has 3 heterocycles. The van der Waals surface area contributed by atoms with E-state index in [0.29, 0.717) is 69.1 Å². The first-order chi connectivity index (χ1) is 18.5. The van der Waals surface area contributed by atoms with Gasteiger partial charge in [-0.25, -0.2) is 9.78 Å². The number of hydrogen-bond acceptors (Lipinski definition) is 7. The first-order valence-electron chi connectivity index (χ1n) is 12.5. The van der Waals surface area contributed by atoms with Gasteiger partial charge in [-0.2, -0.15) is 0 Å². The lowest BCUT2D eigenvalue weighted by Crippen LogP contribution is -2.43. The Morgan fingerprint density at radius 3 is 2.56 bits per heavy atom. The topological polar surface area (TPSA) is 120 Å². The molecule has 0 unspecified atom stereocenters. The zero-order valence-corrected chi connectivity index (χ0v) is 23.8. The maximum absolute atomic E-state index is 13.1. The number of nitrogens with two attached hydrogens (primary N) is 1. The minimum Gasteiger partial charge on any atom is -0.481 e. The maximum Gasteiger partial charge on any atom is 0.410 e. The van der Waals surface area contributed by atoms with Gasteiger partial charge in [0.2, 0.25) is 11.8 Å². The predicted molar refractivity (Wildman–Crippen MR) is 152 cm³/mol. The van der Waals surface area contributed by atoms with Crippen molar-refractivity contribution in [3.63, 3.8) is 0 Å². The van der Waals surface area contributed by atoms with E-state index >= 15 is 0 Å². The highest BCUT2D eigenvalue weighted by atomic mass is 35.5. The lowest BCUT2D eigenvalue weighted by atomic mass is 10.0. The molecule has 3 N–H and O–H groups in total. The van der Waals surface area contributed by atoms with E-state index < -0.39 is 11.7 Å². The van der Waals surface area contributed by atoms with E-state index in [9.17, 15) is 9.59 Å². The molecular weight excluding hydrogens is 541 g/mol. The van der Waals surface area contributed by atoms with Crippen molar-refractivity contribution < 1.29 is 19.1 Å². The first-order valence-corrected chi connectivity index (χ1v) is 13.2. The molecule has 3 aromatic rings. The zero-order valence-electron chi connectivity index (χ0n) is 22.3. The molecule has 0 aliphatic carbocycles. The Balaban J connectivity index is 1.65. The highest BCUT2D eigenvalue weighted by Gasteiger charge is 2.29. The normalized spacial score (nSPS) is 15.1. The average Bonchev–Trinajstić information content (AvgIpc) is 3.29. The summed E-state index contributed by atoms with van der Waals surface area (Å²) in [6.45, 7) is 5.90.